The van der Waals surface area contributed by atoms with Crippen molar-refractivity contribution in [1.82, 2.24) is 5.32 Å². The average molecular weight is 1610 g/mol. The normalized spacial score (nSPS) is 11.5. The SMILES string of the molecule is CC(C)(C)c1cc(OCc2cc(-c3cccc(CN)c3)c3occc3c2)c(CC(=O)O)cc1Cl.CCOC(=O)Cc1cc(Cl)c(C(C)(C)C)cc1OCc1cc(-c2cccc(CN)c2)c2occc2c1.CCOC(=O)Cc1cc(Cl)c(C(C)(C)C)cc1OCc1cc(-c2cccc(CNC(=O)OC(C)(C)C)c2)c2occc2c1.[Li+].[OH-]. The van der Waals surface area contributed by atoms with Crippen LogP contribution >= 0.6 is 34.8 Å². The van der Waals surface area contributed by atoms with Gasteiger partial charge < -0.3 is 69.0 Å². The molecule has 0 fully saturated rings. The predicted molar refractivity (Wildman–Crippen MR) is 451 cm³/mol. The third-order valence-electron chi connectivity index (χ3n) is 18.5. The Bertz CT molecular complexity index is 5400. The van der Waals surface area contributed by atoms with Crippen molar-refractivity contribution in [2.45, 2.75) is 177 Å². The molecule has 0 saturated heterocycles. The molecule has 0 bridgehead atoms. The van der Waals surface area contributed by atoms with Gasteiger partial charge in [-0.25, -0.2) is 4.79 Å². The number of amides is 1. The zero-order valence-electron chi connectivity index (χ0n) is 68.1. The number of rotatable bonds is 24. The minimum atomic E-state index is -0.939. The molecule has 0 unspecified atom stereocenters. The van der Waals surface area contributed by atoms with Crippen LogP contribution in [-0.2, 0) is 104 Å². The molecule has 0 aliphatic heterocycles. The van der Waals surface area contributed by atoms with Crippen molar-refractivity contribution in [1.29, 1.82) is 0 Å². The molecule has 12 rings (SSSR count). The average Bonchev–Trinajstić information content (AvgIpc) is 1.74. The summed E-state index contributed by atoms with van der Waals surface area (Å²) in [4.78, 5) is 48.2. The number of ether oxygens (including phenoxy) is 6. The summed E-state index contributed by atoms with van der Waals surface area (Å²) in [5, 5.41) is 16.8. The molecule has 0 saturated carbocycles. The molecule has 22 heteroatoms. The molecular formula is C93H101Cl3LiN3O15. The van der Waals surface area contributed by atoms with E-state index in [0.29, 0.717) is 88.5 Å². The van der Waals surface area contributed by atoms with Crippen LogP contribution in [0.5, 0.6) is 17.2 Å². The van der Waals surface area contributed by atoms with Crippen LogP contribution in [-0.4, -0.2) is 53.4 Å². The Hall–Kier alpha value is -9.97. The number of halogens is 3. The third kappa shape index (κ3) is 24.3. The minimum absolute atomic E-state index is 0. The summed E-state index contributed by atoms with van der Waals surface area (Å²) in [6.45, 7) is 30.5. The first-order chi connectivity index (χ1) is 53.6. The van der Waals surface area contributed by atoms with Gasteiger partial charge in [-0.2, -0.15) is 0 Å². The molecule has 3 heterocycles. The number of benzene rings is 9. The molecule has 0 spiro atoms. The summed E-state index contributed by atoms with van der Waals surface area (Å²) in [7, 11) is 0. The summed E-state index contributed by atoms with van der Waals surface area (Å²) in [5.41, 5.74) is 29.3. The molecule has 115 heavy (non-hydrogen) atoms. The number of fused-ring (bicyclic) bond motifs is 3. The van der Waals surface area contributed by atoms with Crippen LogP contribution in [0.2, 0.25) is 15.1 Å². The Balaban J connectivity index is 0.000000215. The van der Waals surface area contributed by atoms with Crippen molar-refractivity contribution >= 4 is 91.7 Å². The maximum atomic E-state index is 12.4. The van der Waals surface area contributed by atoms with E-state index in [0.717, 1.165) is 116 Å². The molecule has 600 valence electrons. The zero-order chi connectivity index (χ0) is 81.7. The number of carbonyl (C=O) groups is 4. The fourth-order valence-electron chi connectivity index (χ4n) is 13.1. The Morgan fingerprint density at radius 3 is 1.05 bits per heavy atom. The Kier molecular flexibility index (Phi) is 31.2. The van der Waals surface area contributed by atoms with E-state index in [1.807, 2.05) is 148 Å². The standard InChI is InChI=1S/C35H40ClNO6.C30H32ClNO4.C28H28ClNO4.Li.H2O/c1-8-40-31(38)18-26-17-29(36)28(34(2,3)4)19-30(26)42-21-23-15-25-12-13-41-32(25)27(16-23)24-11-9-10-22(14-24)20-37-33(39)43-35(5,6)7;1-5-34-28(33)15-23-14-26(31)25(30(2,3)4)16-27(23)36-18-20-12-22-9-10-35-29(22)24(13-20)21-8-6-7-19(11-21)17-32;1-28(2,3)23-14-25(21(12-24(23)29)13-26(31)32)34-16-18-10-20-7-8-33-27(20)22(11-18)19-6-4-5-17(9-19)15-30;;/h9-17,19H,8,18,20-21H2,1-7H3,(H,37,39);6-14,16H,5,15,17-18,32H2,1-4H3;4-12,14H,13,15-16,30H2,1-3H3,(H,31,32);;1H2/q;;;+1;/p-1. The second kappa shape index (κ2) is 39.6. The number of carboxylic acids is 1. The number of hydrogen-bond donors (Lipinski definition) is 4. The van der Waals surface area contributed by atoms with Crippen LogP contribution in [0.3, 0.4) is 0 Å². The summed E-state index contributed by atoms with van der Waals surface area (Å²) >= 11 is 19.7. The van der Waals surface area contributed by atoms with Gasteiger partial charge in [-0.1, -0.05) is 152 Å². The van der Waals surface area contributed by atoms with Gasteiger partial charge in [0.15, 0.2) is 0 Å². The van der Waals surface area contributed by atoms with Crippen LogP contribution in [0, 0.1) is 0 Å². The van der Waals surface area contributed by atoms with Crippen LogP contribution in [0.25, 0.3) is 66.3 Å². The van der Waals surface area contributed by atoms with Crippen molar-refractivity contribution < 1.29 is 90.3 Å². The maximum absolute atomic E-state index is 12.4. The van der Waals surface area contributed by atoms with E-state index in [4.69, 9.17) is 87.9 Å². The summed E-state index contributed by atoms with van der Waals surface area (Å²) in [6.07, 6.45) is 4.54. The number of aliphatic carboxylic acids is 1. The molecule has 7 N–H and O–H groups in total. The Morgan fingerprint density at radius 1 is 0.426 bits per heavy atom. The Labute approximate surface area is 699 Å². The monoisotopic (exact) mass is 1610 g/mol. The summed E-state index contributed by atoms with van der Waals surface area (Å²) < 4.78 is 52.1. The van der Waals surface area contributed by atoms with Crippen LogP contribution < -0.4 is 49.9 Å². The molecular weight excluding hydrogens is 1510 g/mol. The minimum Gasteiger partial charge on any atom is -0.870 e. The van der Waals surface area contributed by atoms with Gasteiger partial charge in [-0.3, -0.25) is 14.4 Å². The fraction of sp³-hybridized carbons (Fsp3) is 0.312. The van der Waals surface area contributed by atoms with Gasteiger partial charge in [0.05, 0.1) is 51.3 Å². The molecule has 0 radical (unpaired) electrons. The number of carboxylic acid groups (broad SMARTS) is 1. The molecule has 0 aliphatic rings. The molecule has 18 nitrogen and oxygen atoms in total. The number of nitrogens with two attached hydrogens (primary N) is 2. The second-order valence-electron chi connectivity index (χ2n) is 31.8. The number of carbonyl (C=O) groups excluding carboxylic acids is 3. The summed E-state index contributed by atoms with van der Waals surface area (Å²) in [6, 6.07) is 53.2. The first-order valence-electron chi connectivity index (χ1n) is 37.6. The molecule has 12 aromatic rings. The van der Waals surface area contributed by atoms with Crippen molar-refractivity contribution in [3.05, 3.63) is 264 Å². The van der Waals surface area contributed by atoms with Crippen molar-refractivity contribution in [3.8, 4) is 50.6 Å². The van der Waals surface area contributed by atoms with Gasteiger partial charge in [-0.15, -0.1) is 0 Å². The largest absolute Gasteiger partial charge is 1.00 e. The fourth-order valence-corrected chi connectivity index (χ4v) is 14.5. The number of hydrogen-bond acceptors (Lipinski definition) is 16. The van der Waals surface area contributed by atoms with Crippen LogP contribution in [0.4, 0.5) is 4.79 Å². The number of alkyl carbamates (subject to hydrolysis) is 1. The van der Waals surface area contributed by atoms with E-state index in [-0.39, 0.29) is 85.0 Å². The van der Waals surface area contributed by atoms with Gasteiger partial charge in [-0.05, 0) is 227 Å². The first kappa shape index (κ1) is 90.6. The molecule has 0 atom stereocenters. The van der Waals surface area contributed by atoms with E-state index in [1.165, 1.54) is 0 Å². The first-order valence-corrected chi connectivity index (χ1v) is 38.8. The van der Waals surface area contributed by atoms with Crippen molar-refractivity contribution in [3.63, 3.8) is 0 Å². The van der Waals surface area contributed by atoms with E-state index < -0.39 is 17.7 Å². The van der Waals surface area contributed by atoms with Gasteiger partial charge in [0.2, 0.25) is 0 Å². The van der Waals surface area contributed by atoms with Gasteiger partial charge >= 0.3 is 42.9 Å². The molecule has 0 aliphatic carbocycles. The number of esters is 2. The third-order valence-corrected chi connectivity index (χ3v) is 19.5. The van der Waals surface area contributed by atoms with Gasteiger partial charge in [0.1, 0.15) is 59.4 Å². The van der Waals surface area contributed by atoms with Crippen molar-refractivity contribution in [2.75, 3.05) is 13.2 Å². The Morgan fingerprint density at radius 2 is 0.748 bits per heavy atom. The van der Waals surface area contributed by atoms with Gasteiger partial charge in [0, 0.05) is 84.2 Å². The van der Waals surface area contributed by atoms with E-state index in [1.54, 1.807) is 44.8 Å². The molecule has 9 aromatic carbocycles. The van der Waals surface area contributed by atoms with E-state index in [2.05, 4.69) is 91.9 Å². The number of nitrogens with one attached hydrogen (secondary N) is 1. The summed E-state index contributed by atoms with van der Waals surface area (Å²) in [5.74, 6) is 0.142. The van der Waals surface area contributed by atoms with Crippen LogP contribution in [0.1, 0.15) is 164 Å². The van der Waals surface area contributed by atoms with E-state index in [9.17, 15) is 24.3 Å². The van der Waals surface area contributed by atoms with E-state index >= 15 is 0 Å². The quantitative estimate of drug-likeness (QED) is 0.0248. The maximum Gasteiger partial charge on any atom is 1.00 e. The molecule has 3 aromatic heterocycles. The second-order valence-corrected chi connectivity index (χ2v) is 33.0. The smallest absolute Gasteiger partial charge is 0.870 e. The number of furan rings is 3. The van der Waals surface area contributed by atoms with Gasteiger partial charge in [0.25, 0.3) is 0 Å². The topological polar surface area (TPSA) is 277 Å². The molecule has 1 amide bonds. The predicted octanol–water partition coefficient (Wildman–Crippen LogP) is 19.5. The van der Waals surface area contributed by atoms with Crippen LogP contribution in [0.15, 0.2) is 196 Å². The zero-order valence-corrected chi connectivity index (χ0v) is 70.4. The van der Waals surface area contributed by atoms with Crippen molar-refractivity contribution in [2.24, 2.45) is 11.5 Å².